The van der Waals surface area contributed by atoms with Gasteiger partial charge >= 0.3 is 0 Å². The van der Waals surface area contributed by atoms with E-state index in [0.717, 1.165) is 30.3 Å². The summed E-state index contributed by atoms with van der Waals surface area (Å²) in [7, 11) is 0. The van der Waals surface area contributed by atoms with Crippen molar-refractivity contribution in [3.05, 3.63) is 34.3 Å². The Hall–Kier alpha value is -1.15. The summed E-state index contributed by atoms with van der Waals surface area (Å²) >= 11 is 5.85. The van der Waals surface area contributed by atoms with Crippen molar-refractivity contribution in [1.82, 2.24) is 0 Å². The number of ketones is 1. The largest absolute Gasteiger partial charge is 0.303 e. The zero-order chi connectivity index (χ0) is 10.8. The Morgan fingerprint density at radius 3 is 3.00 bits per heavy atom. The van der Waals surface area contributed by atoms with E-state index in [9.17, 15) is 9.59 Å². The minimum absolute atomic E-state index is 0.0833. The second-order valence-electron chi connectivity index (χ2n) is 3.80. The average Bonchev–Trinajstić information content (AvgIpc) is 2.22. The second kappa shape index (κ2) is 4.15. The number of carbonyl (C=O) groups is 2. The van der Waals surface area contributed by atoms with Crippen molar-refractivity contribution in [3.63, 3.8) is 0 Å². The van der Waals surface area contributed by atoms with Gasteiger partial charge in [0.1, 0.15) is 6.29 Å². The minimum Gasteiger partial charge on any atom is -0.303 e. The molecule has 1 unspecified atom stereocenters. The fourth-order valence-electron chi connectivity index (χ4n) is 2.03. The van der Waals surface area contributed by atoms with Gasteiger partial charge in [-0.25, -0.2) is 0 Å². The van der Waals surface area contributed by atoms with Crippen LogP contribution in [0.25, 0.3) is 0 Å². The molecule has 1 atom stereocenters. The van der Waals surface area contributed by atoms with Crippen LogP contribution in [-0.4, -0.2) is 12.1 Å². The third kappa shape index (κ3) is 1.95. The number of Topliss-reactive ketones (excluding diaryl/α,β-unsaturated/α-hetero) is 1. The van der Waals surface area contributed by atoms with Crippen LogP contribution in [0.15, 0.2) is 18.2 Å². The molecule has 0 saturated carbocycles. The lowest BCUT2D eigenvalue weighted by Gasteiger charge is -2.21. The number of aryl methyl sites for hydroxylation is 1. The molecule has 15 heavy (non-hydrogen) atoms. The van der Waals surface area contributed by atoms with Crippen LogP contribution in [0.3, 0.4) is 0 Å². The summed E-state index contributed by atoms with van der Waals surface area (Å²) in [5.74, 6) is -0.0452. The van der Waals surface area contributed by atoms with Crippen molar-refractivity contribution < 1.29 is 9.59 Å². The van der Waals surface area contributed by atoms with E-state index in [-0.39, 0.29) is 11.7 Å². The van der Waals surface area contributed by atoms with Crippen molar-refractivity contribution in [2.75, 3.05) is 0 Å². The van der Waals surface area contributed by atoms with E-state index in [1.54, 1.807) is 12.1 Å². The van der Waals surface area contributed by atoms with Gasteiger partial charge in [0.2, 0.25) is 0 Å². The Morgan fingerprint density at radius 2 is 2.27 bits per heavy atom. The highest BCUT2D eigenvalue weighted by Gasteiger charge is 2.26. The van der Waals surface area contributed by atoms with Gasteiger partial charge in [0, 0.05) is 22.9 Å². The molecule has 0 N–H and O–H groups in total. The highest BCUT2D eigenvalue weighted by molar-refractivity contribution is 6.30. The summed E-state index contributed by atoms with van der Waals surface area (Å²) < 4.78 is 0. The van der Waals surface area contributed by atoms with Gasteiger partial charge in [-0.15, -0.1) is 0 Å². The van der Waals surface area contributed by atoms with E-state index >= 15 is 0 Å². The monoisotopic (exact) mass is 222 g/mol. The Kier molecular flexibility index (Phi) is 2.87. The van der Waals surface area contributed by atoms with Crippen molar-refractivity contribution in [1.29, 1.82) is 0 Å². The van der Waals surface area contributed by atoms with E-state index in [1.165, 1.54) is 0 Å². The van der Waals surface area contributed by atoms with Crippen LogP contribution in [0.5, 0.6) is 0 Å². The molecule has 0 radical (unpaired) electrons. The number of hydrogen-bond donors (Lipinski definition) is 0. The molecule has 1 aliphatic carbocycles. The van der Waals surface area contributed by atoms with E-state index in [0.29, 0.717) is 11.4 Å². The number of aldehydes is 1. The fourth-order valence-corrected chi connectivity index (χ4v) is 2.23. The van der Waals surface area contributed by atoms with Crippen molar-refractivity contribution in [3.8, 4) is 0 Å². The van der Waals surface area contributed by atoms with E-state index in [4.69, 9.17) is 11.6 Å². The second-order valence-corrected chi connectivity index (χ2v) is 4.24. The molecule has 78 valence electrons. The van der Waals surface area contributed by atoms with Crippen LogP contribution in [0.4, 0.5) is 0 Å². The Labute approximate surface area is 93.2 Å². The number of fused-ring (bicyclic) bond motifs is 1. The first-order valence-electron chi connectivity index (χ1n) is 4.98. The normalized spacial score (nSPS) is 19.8. The Bertz CT molecular complexity index is 412. The van der Waals surface area contributed by atoms with Gasteiger partial charge in [-0.3, -0.25) is 4.79 Å². The quantitative estimate of drug-likeness (QED) is 0.721. The van der Waals surface area contributed by atoms with Crippen molar-refractivity contribution in [2.24, 2.45) is 5.92 Å². The highest BCUT2D eigenvalue weighted by atomic mass is 35.5. The van der Waals surface area contributed by atoms with Gasteiger partial charge in [-0.2, -0.15) is 0 Å². The third-order valence-corrected chi connectivity index (χ3v) is 3.08. The molecular formula is C12H11ClO2. The zero-order valence-corrected chi connectivity index (χ0v) is 8.96. The van der Waals surface area contributed by atoms with Crippen molar-refractivity contribution >= 4 is 23.7 Å². The standard InChI is InChI=1S/C12H11ClO2/c13-10-3-4-11-9(7-10)2-1-8(5-6-14)12(11)15/h3-4,6-8H,1-2,5H2. The molecule has 1 aromatic rings. The maximum Gasteiger partial charge on any atom is 0.166 e. The van der Waals surface area contributed by atoms with E-state index < -0.39 is 0 Å². The summed E-state index contributed by atoms with van der Waals surface area (Å²) in [6.07, 6.45) is 2.75. The molecule has 2 nitrogen and oxygen atoms in total. The molecule has 0 heterocycles. The fraction of sp³-hybridized carbons (Fsp3) is 0.333. The zero-order valence-electron chi connectivity index (χ0n) is 8.20. The summed E-state index contributed by atoms with van der Waals surface area (Å²) in [5.41, 5.74) is 1.74. The lowest BCUT2D eigenvalue weighted by atomic mass is 9.81. The van der Waals surface area contributed by atoms with Crippen LogP contribution in [-0.2, 0) is 11.2 Å². The van der Waals surface area contributed by atoms with Gasteiger partial charge in [0.05, 0.1) is 0 Å². The lowest BCUT2D eigenvalue weighted by molar-refractivity contribution is -0.108. The summed E-state index contributed by atoms with van der Waals surface area (Å²) in [4.78, 5) is 22.3. The molecule has 0 saturated heterocycles. The Balaban J connectivity index is 2.34. The summed E-state index contributed by atoms with van der Waals surface area (Å²) in [5, 5.41) is 0.662. The third-order valence-electron chi connectivity index (χ3n) is 2.85. The van der Waals surface area contributed by atoms with Crippen LogP contribution in [0.2, 0.25) is 5.02 Å². The maximum absolute atomic E-state index is 11.9. The van der Waals surface area contributed by atoms with Gasteiger partial charge in [-0.05, 0) is 36.6 Å². The summed E-state index contributed by atoms with van der Waals surface area (Å²) in [6.45, 7) is 0. The highest BCUT2D eigenvalue weighted by Crippen LogP contribution is 2.28. The van der Waals surface area contributed by atoms with Gasteiger partial charge < -0.3 is 4.79 Å². The molecule has 0 fully saturated rings. The maximum atomic E-state index is 11.9. The number of rotatable bonds is 2. The lowest BCUT2D eigenvalue weighted by Crippen LogP contribution is -2.22. The molecule has 1 aromatic carbocycles. The summed E-state index contributed by atoms with van der Waals surface area (Å²) in [6, 6.07) is 5.32. The van der Waals surface area contributed by atoms with E-state index in [1.807, 2.05) is 6.07 Å². The molecular weight excluding hydrogens is 212 g/mol. The van der Waals surface area contributed by atoms with Crippen molar-refractivity contribution in [2.45, 2.75) is 19.3 Å². The Morgan fingerprint density at radius 1 is 1.47 bits per heavy atom. The van der Waals surface area contributed by atoms with Gasteiger partial charge in [0.25, 0.3) is 0 Å². The molecule has 0 bridgehead atoms. The molecule has 1 aliphatic rings. The number of hydrogen-bond acceptors (Lipinski definition) is 2. The predicted octanol–water partition coefficient (Wildman–Crippen LogP) is 2.67. The van der Waals surface area contributed by atoms with E-state index in [2.05, 4.69) is 0 Å². The number of halogens is 1. The van der Waals surface area contributed by atoms with Crippen LogP contribution >= 0.6 is 11.6 Å². The van der Waals surface area contributed by atoms with Crippen LogP contribution in [0.1, 0.15) is 28.8 Å². The smallest absolute Gasteiger partial charge is 0.166 e. The molecule has 0 spiro atoms. The number of carbonyl (C=O) groups excluding carboxylic acids is 2. The van der Waals surface area contributed by atoms with Gasteiger partial charge in [0.15, 0.2) is 5.78 Å². The SMILES string of the molecule is O=CCC1CCc2cc(Cl)ccc2C1=O. The predicted molar refractivity (Wildman–Crippen MR) is 58.3 cm³/mol. The first kappa shape index (κ1) is 10.4. The van der Waals surface area contributed by atoms with Gasteiger partial charge in [-0.1, -0.05) is 11.6 Å². The minimum atomic E-state index is -0.129. The average molecular weight is 223 g/mol. The molecule has 0 aliphatic heterocycles. The molecule has 2 rings (SSSR count). The number of benzene rings is 1. The molecule has 0 aromatic heterocycles. The molecule has 3 heteroatoms. The first-order valence-corrected chi connectivity index (χ1v) is 5.36. The van der Waals surface area contributed by atoms with Crippen LogP contribution < -0.4 is 0 Å². The topological polar surface area (TPSA) is 34.1 Å². The first-order chi connectivity index (χ1) is 7.22. The molecule has 0 amide bonds. The van der Waals surface area contributed by atoms with Crippen LogP contribution in [0, 0.1) is 5.92 Å².